The molecule has 4 nitrogen and oxygen atoms in total. The van der Waals surface area contributed by atoms with E-state index >= 15 is 0 Å². The first kappa shape index (κ1) is 10.4. The molecular formula is C12H13N3O. The quantitative estimate of drug-likeness (QED) is 0.790. The van der Waals surface area contributed by atoms with Gasteiger partial charge in [0.1, 0.15) is 0 Å². The Morgan fingerprint density at radius 2 is 2.12 bits per heavy atom. The molecule has 2 aromatic rings. The maximum Gasteiger partial charge on any atom is 0.217 e. The zero-order valence-electron chi connectivity index (χ0n) is 9.05. The van der Waals surface area contributed by atoms with Crippen molar-refractivity contribution in [2.45, 2.75) is 0 Å². The number of aryl methyl sites for hydroxylation is 1. The number of nitrogens with zero attached hydrogens (tertiary/aromatic N) is 2. The Hall–Kier alpha value is -2.10. The van der Waals surface area contributed by atoms with Crippen LogP contribution in [0.4, 0.5) is 5.69 Å². The van der Waals surface area contributed by atoms with Gasteiger partial charge < -0.3 is 9.88 Å². The Bertz CT molecular complexity index is 476. The highest BCUT2D eigenvalue weighted by Gasteiger charge is 2.09. The molecule has 1 heterocycles. The summed E-state index contributed by atoms with van der Waals surface area (Å²) >= 11 is 0. The van der Waals surface area contributed by atoms with Crippen LogP contribution in [0.25, 0.3) is 0 Å². The van der Waals surface area contributed by atoms with Crippen molar-refractivity contribution in [3.05, 3.63) is 48.5 Å². The highest BCUT2D eigenvalue weighted by Crippen LogP contribution is 2.05. The van der Waals surface area contributed by atoms with Crippen LogP contribution in [0.5, 0.6) is 0 Å². The van der Waals surface area contributed by atoms with Gasteiger partial charge in [-0.25, -0.2) is 4.98 Å². The minimum atomic E-state index is -0.0173. The van der Waals surface area contributed by atoms with Crippen molar-refractivity contribution in [2.24, 2.45) is 7.05 Å². The SMILES string of the molecule is Cn1ccnc1C(=O)CNc1ccccc1. The van der Waals surface area contributed by atoms with Gasteiger partial charge in [-0.3, -0.25) is 4.79 Å². The zero-order chi connectivity index (χ0) is 11.4. The molecular weight excluding hydrogens is 202 g/mol. The number of nitrogens with one attached hydrogen (secondary N) is 1. The van der Waals surface area contributed by atoms with E-state index in [1.165, 1.54) is 0 Å². The third kappa shape index (κ3) is 2.28. The normalized spacial score (nSPS) is 10.1. The highest BCUT2D eigenvalue weighted by atomic mass is 16.1. The first-order valence-corrected chi connectivity index (χ1v) is 5.07. The molecule has 4 heteroatoms. The number of hydrogen-bond acceptors (Lipinski definition) is 3. The summed E-state index contributed by atoms with van der Waals surface area (Å²) < 4.78 is 1.72. The van der Waals surface area contributed by atoms with Crippen LogP contribution < -0.4 is 5.32 Å². The molecule has 0 atom stereocenters. The van der Waals surface area contributed by atoms with Crippen molar-refractivity contribution in [2.75, 3.05) is 11.9 Å². The topological polar surface area (TPSA) is 46.9 Å². The Morgan fingerprint density at radius 3 is 2.75 bits per heavy atom. The van der Waals surface area contributed by atoms with E-state index in [9.17, 15) is 4.79 Å². The number of Topliss-reactive ketones (excluding diaryl/α,β-unsaturated/α-hetero) is 1. The van der Waals surface area contributed by atoms with Crippen molar-refractivity contribution in [3.63, 3.8) is 0 Å². The first-order chi connectivity index (χ1) is 7.77. The molecule has 0 unspecified atom stereocenters. The van der Waals surface area contributed by atoms with E-state index in [2.05, 4.69) is 10.3 Å². The second-order valence-electron chi connectivity index (χ2n) is 3.50. The molecule has 0 aliphatic carbocycles. The largest absolute Gasteiger partial charge is 0.377 e. The number of ketones is 1. The van der Waals surface area contributed by atoms with Gasteiger partial charge in [0.2, 0.25) is 5.78 Å². The minimum Gasteiger partial charge on any atom is -0.377 e. The average Bonchev–Trinajstić information content (AvgIpc) is 2.74. The fraction of sp³-hybridized carbons (Fsp3) is 0.167. The van der Waals surface area contributed by atoms with Gasteiger partial charge in [0.05, 0.1) is 6.54 Å². The van der Waals surface area contributed by atoms with Gasteiger partial charge in [-0.1, -0.05) is 18.2 Å². The standard InChI is InChI=1S/C12H13N3O/c1-15-8-7-13-12(15)11(16)9-14-10-5-3-2-4-6-10/h2-8,14H,9H2,1H3. The molecule has 2 rings (SSSR count). The summed E-state index contributed by atoms with van der Waals surface area (Å²) in [6.07, 6.45) is 3.38. The van der Waals surface area contributed by atoms with Gasteiger partial charge in [-0.2, -0.15) is 0 Å². The summed E-state index contributed by atoms with van der Waals surface area (Å²) in [5.74, 6) is 0.458. The summed E-state index contributed by atoms with van der Waals surface area (Å²) in [6, 6.07) is 9.63. The number of para-hydroxylation sites is 1. The van der Waals surface area contributed by atoms with Crippen molar-refractivity contribution >= 4 is 11.5 Å². The molecule has 16 heavy (non-hydrogen) atoms. The Labute approximate surface area is 93.9 Å². The minimum absolute atomic E-state index is 0.0173. The zero-order valence-corrected chi connectivity index (χ0v) is 9.05. The molecule has 0 spiro atoms. The maximum absolute atomic E-state index is 11.8. The number of hydrogen-bond donors (Lipinski definition) is 1. The van der Waals surface area contributed by atoms with Crippen LogP contribution in [-0.2, 0) is 7.05 Å². The molecule has 0 saturated heterocycles. The lowest BCUT2D eigenvalue weighted by Crippen LogP contribution is -2.17. The molecule has 0 aliphatic heterocycles. The van der Waals surface area contributed by atoms with Crippen molar-refractivity contribution in [1.82, 2.24) is 9.55 Å². The second-order valence-corrected chi connectivity index (χ2v) is 3.50. The molecule has 0 amide bonds. The third-order valence-electron chi connectivity index (χ3n) is 2.30. The fourth-order valence-electron chi connectivity index (χ4n) is 1.45. The number of anilines is 1. The summed E-state index contributed by atoms with van der Waals surface area (Å²) in [6.45, 7) is 0.259. The molecule has 1 aromatic carbocycles. The number of carbonyl (C=O) groups is 1. The van der Waals surface area contributed by atoms with E-state index in [-0.39, 0.29) is 12.3 Å². The molecule has 0 radical (unpaired) electrons. The van der Waals surface area contributed by atoms with Crippen LogP contribution in [0.3, 0.4) is 0 Å². The van der Waals surface area contributed by atoms with Gasteiger partial charge in [0.25, 0.3) is 0 Å². The highest BCUT2D eigenvalue weighted by molar-refractivity contribution is 5.95. The lowest BCUT2D eigenvalue weighted by Gasteiger charge is -2.05. The van der Waals surface area contributed by atoms with Crippen LogP contribution >= 0.6 is 0 Å². The van der Waals surface area contributed by atoms with Gasteiger partial charge in [0, 0.05) is 25.1 Å². The lowest BCUT2D eigenvalue weighted by molar-refractivity contribution is 0.0993. The summed E-state index contributed by atoms with van der Waals surface area (Å²) in [5, 5.41) is 3.06. The van der Waals surface area contributed by atoms with E-state index in [0.717, 1.165) is 5.69 Å². The van der Waals surface area contributed by atoms with Gasteiger partial charge >= 0.3 is 0 Å². The molecule has 0 bridgehead atoms. The maximum atomic E-state index is 11.8. The lowest BCUT2D eigenvalue weighted by atomic mass is 10.3. The molecule has 1 N–H and O–H groups in total. The van der Waals surface area contributed by atoms with Gasteiger partial charge in [-0.05, 0) is 12.1 Å². The first-order valence-electron chi connectivity index (χ1n) is 5.07. The molecule has 82 valence electrons. The summed E-state index contributed by atoms with van der Waals surface area (Å²) in [5.41, 5.74) is 0.935. The van der Waals surface area contributed by atoms with E-state index in [1.54, 1.807) is 17.0 Å². The van der Waals surface area contributed by atoms with E-state index in [0.29, 0.717) is 5.82 Å². The number of benzene rings is 1. The Morgan fingerprint density at radius 1 is 1.38 bits per heavy atom. The predicted molar refractivity (Wildman–Crippen MR) is 62.5 cm³/mol. The van der Waals surface area contributed by atoms with E-state index in [1.807, 2.05) is 37.4 Å². The van der Waals surface area contributed by atoms with Crippen LogP contribution in [0.15, 0.2) is 42.7 Å². The molecule has 1 aromatic heterocycles. The van der Waals surface area contributed by atoms with Crippen LogP contribution in [0, 0.1) is 0 Å². The number of rotatable bonds is 4. The van der Waals surface area contributed by atoms with Gasteiger partial charge in [0.15, 0.2) is 5.82 Å². The van der Waals surface area contributed by atoms with E-state index < -0.39 is 0 Å². The van der Waals surface area contributed by atoms with Crippen molar-refractivity contribution < 1.29 is 4.79 Å². The van der Waals surface area contributed by atoms with Crippen LogP contribution in [-0.4, -0.2) is 21.9 Å². The number of aromatic nitrogens is 2. The van der Waals surface area contributed by atoms with E-state index in [4.69, 9.17) is 0 Å². The summed E-state index contributed by atoms with van der Waals surface area (Å²) in [4.78, 5) is 15.8. The summed E-state index contributed by atoms with van der Waals surface area (Å²) in [7, 11) is 1.81. The van der Waals surface area contributed by atoms with Crippen LogP contribution in [0.2, 0.25) is 0 Å². The number of imidazole rings is 1. The number of carbonyl (C=O) groups excluding carboxylic acids is 1. The Kier molecular flexibility index (Phi) is 3.00. The average molecular weight is 215 g/mol. The predicted octanol–water partition coefficient (Wildman–Crippen LogP) is 1.71. The molecule has 0 aliphatic rings. The van der Waals surface area contributed by atoms with Crippen molar-refractivity contribution in [3.8, 4) is 0 Å². The third-order valence-corrected chi connectivity index (χ3v) is 2.30. The van der Waals surface area contributed by atoms with Crippen molar-refractivity contribution in [1.29, 1.82) is 0 Å². The van der Waals surface area contributed by atoms with Crippen LogP contribution in [0.1, 0.15) is 10.6 Å². The molecule has 0 fully saturated rings. The fourth-order valence-corrected chi connectivity index (χ4v) is 1.45. The smallest absolute Gasteiger partial charge is 0.217 e. The molecule has 0 saturated carbocycles. The monoisotopic (exact) mass is 215 g/mol. The second kappa shape index (κ2) is 4.61. The van der Waals surface area contributed by atoms with Gasteiger partial charge in [-0.15, -0.1) is 0 Å². The Balaban J connectivity index is 1.97.